The molecule has 0 aromatic carbocycles. The third kappa shape index (κ3) is 13.6. The van der Waals surface area contributed by atoms with E-state index >= 15 is 0 Å². The van der Waals surface area contributed by atoms with Crippen LogP contribution >= 0.6 is 0 Å². The molecule has 0 radical (unpaired) electrons. The van der Waals surface area contributed by atoms with E-state index in [1.165, 1.54) is 64.2 Å². The maximum Gasteiger partial charge on any atom is 0.306 e. The Kier molecular flexibility index (Phi) is 14.7. The quantitative estimate of drug-likeness (QED) is 0.308. The first-order chi connectivity index (χ1) is 11.0. The molecule has 0 amide bonds. The summed E-state index contributed by atoms with van der Waals surface area (Å²) in [7, 11) is 0. The summed E-state index contributed by atoms with van der Waals surface area (Å²) in [4.78, 5) is 11.6. The maximum absolute atomic E-state index is 11.6. The molecule has 0 aromatic heterocycles. The van der Waals surface area contributed by atoms with E-state index in [4.69, 9.17) is 0 Å². The molecule has 2 nitrogen and oxygen atoms in total. The topological polar surface area (TPSA) is 37.3 Å². The van der Waals surface area contributed by atoms with Gasteiger partial charge in [0.1, 0.15) is 0 Å². The Bertz CT molecular complexity index is 273. The second kappa shape index (κ2) is 15.0. The van der Waals surface area contributed by atoms with Gasteiger partial charge in [-0.15, -0.1) is 0 Å². The Morgan fingerprint density at radius 1 is 0.783 bits per heavy atom. The SMILES string of the molecule is CCCCCC(CCC)CC(CCCCCCC(C)C)C(=O)O. The first-order valence-corrected chi connectivity index (χ1v) is 10.2. The van der Waals surface area contributed by atoms with Crippen LogP contribution in [0.1, 0.15) is 111 Å². The smallest absolute Gasteiger partial charge is 0.306 e. The molecule has 0 heterocycles. The second-order valence-corrected chi connectivity index (χ2v) is 7.81. The molecular formula is C21H42O2. The predicted molar refractivity (Wildman–Crippen MR) is 101 cm³/mol. The number of rotatable bonds is 16. The molecule has 0 aromatic rings. The average Bonchev–Trinajstić information content (AvgIpc) is 2.49. The molecule has 1 N–H and O–H groups in total. The highest BCUT2D eigenvalue weighted by Crippen LogP contribution is 2.27. The summed E-state index contributed by atoms with van der Waals surface area (Å²) in [6.07, 6.45) is 15.3. The minimum Gasteiger partial charge on any atom is -0.481 e. The number of carboxylic acids is 1. The molecule has 2 heteroatoms. The molecule has 0 aliphatic heterocycles. The highest BCUT2D eigenvalue weighted by molar-refractivity contribution is 5.69. The molecule has 0 saturated carbocycles. The Hall–Kier alpha value is -0.530. The van der Waals surface area contributed by atoms with Crippen LogP contribution < -0.4 is 0 Å². The first kappa shape index (κ1) is 22.5. The van der Waals surface area contributed by atoms with Gasteiger partial charge in [-0.25, -0.2) is 0 Å². The van der Waals surface area contributed by atoms with Crippen LogP contribution in [0, 0.1) is 17.8 Å². The van der Waals surface area contributed by atoms with Crippen molar-refractivity contribution in [2.75, 3.05) is 0 Å². The van der Waals surface area contributed by atoms with Crippen LogP contribution in [0.25, 0.3) is 0 Å². The van der Waals surface area contributed by atoms with Crippen molar-refractivity contribution in [3.05, 3.63) is 0 Å². The van der Waals surface area contributed by atoms with Crippen molar-refractivity contribution in [3.63, 3.8) is 0 Å². The lowest BCUT2D eigenvalue weighted by Crippen LogP contribution is -2.18. The van der Waals surface area contributed by atoms with Gasteiger partial charge in [-0.1, -0.05) is 98.3 Å². The third-order valence-electron chi connectivity index (χ3n) is 4.96. The van der Waals surface area contributed by atoms with Crippen molar-refractivity contribution in [2.45, 2.75) is 111 Å². The monoisotopic (exact) mass is 326 g/mol. The molecule has 0 rings (SSSR count). The summed E-state index contributed by atoms with van der Waals surface area (Å²) in [5.41, 5.74) is 0. The molecule has 2 atom stereocenters. The zero-order valence-corrected chi connectivity index (χ0v) is 16.3. The molecule has 23 heavy (non-hydrogen) atoms. The maximum atomic E-state index is 11.6. The summed E-state index contributed by atoms with van der Waals surface area (Å²) in [6, 6.07) is 0. The van der Waals surface area contributed by atoms with E-state index in [0.717, 1.165) is 25.2 Å². The average molecular weight is 327 g/mol. The van der Waals surface area contributed by atoms with Crippen molar-refractivity contribution >= 4 is 5.97 Å². The summed E-state index contributed by atoms with van der Waals surface area (Å²) >= 11 is 0. The van der Waals surface area contributed by atoms with E-state index in [2.05, 4.69) is 27.7 Å². The molecule has 0 spiro atoms. The standard InChI is InChI=1S/C21H42O2/c1-5-7-10-15-19(13-6-2)17-20(21(22)23)16-12-9-8-11-14-18(3)4/h18-20H,5-17H2,1-4H3,(H,22,23). The minimum atomic E-state index is -0.566. The number of unbranched alkanes of at least 4 members (excludes halogenated alkanes) is 5. The molecule has 0 bridgehead atoms. The fourth-order valence-corrected chi connectivity index (χ4v) is 3.51. The van der Waals surface area contributed by atoms with Gasteiger partial charge in [0.15, 0.2) is 0 Å². The van der Waals surface area contributed by atoms with E-state index in [0.29, 0.717) is 5.92 Å². The predicted octanol–water partition coefficient (Wildman–Crippen LogP) is 7.07. The van der Waals surface area contributed by atoms with Gasteiger partial charge in [-0.2, -0.15) is 0 Å². The van der Waals surface area contributed by atoms with Crippen LogP contribution in [0.4, 0.5) is 0 Å². The highest BCUT2D eigenvalue weighted by atomic mass is 16.4. The fraction of sp³-hybridized carbons (Fsp3) is 0.952. The number of hydrogen-bond donors (Lipinski definition) is 1. The van der Waals surface area contributed by atoms with E-state index in [1.807, 2.05) is 0 Å². The van der Waals surface area contributed by atoms with Crippen LogP contribution in [0.3, 0.4) is 0 Å². The number of aliphatic carboxylic acids is 1. The van der Waals surface area contributed by atoms with Gasteiger partial charge in [-0.05, 0) is 24.7 Å². The Morgan fingerprint density at radius 2 is 1.39 bits per heavy atom. The van der Waals surface area contributed by atoms with Crippen molar-refractivity contribution in [3.8, 4) is 0 Å². The Balaban J connectivity index is 4.07. The molecular weight excluding hydrogens is 284 g/mol. The van der Waals surface area contributed by atoms with Crippen LogP contribution in [0.2, 0.25) is 0 Å². The molecule has 0 aliphatic rings. The number of hydrogen-bond acceptors (Lipinski definition) is 1. The van der Waals surface area contributed by atoms with E-state index in [-0.39, 0.29) is 5.92 Å². The van der Waals surface area contributed by atoms with Crippen molar-refractivity contribution in [1.82, 2.24) is 0 Å². The van der Waals surface area contributed by atoms with Crippen LogP contribution in [-0.2, 0) is 4.79 Å². The summed E-state index contributed by atoms with van der Waals surface area (Å²) < 4.78 is 0. The number of carboxylic acid groups (broad SMARTS) is 1. The van der Waals surface area contributed by atoms with Crippen molar-refractivity contribution in [1.29, 1.82) is 0 Å². The largest absolute Gasteiger partial charge is 0.481 e. The van der Waals surface area contributed by atoms with Gasteiger partial charge in [0.25, 0.3) is 0 Å². The first-order valence-electron chi connectivity index (χ1n) is 10.2. The van der Waals surface area contributed by atoms with Gasteiger partial charge in [0, 0.05) is 0 Å². The van der Waals surface area contributed by atoms with Crippen molar-refractivity contribution in [2.24, 2.45) is 17.8 Å². The minimum absolute atomic E-state index is 0.113. The third-order valence-corrected chi connectivity index (χ3v) is 4.96. The lowest BCUT2D eigenvalue weighted by atomic mass is 9.85. The highest BCUT2D eigenvalue weighted by Gasteiger charge is 2.21. The summed E-state index contributed by atoms with van der Waals surface area (Å²) in [5.74, 6) is 0.732. The van der Waals surface area contributed by atoms with Gasteiger partial charge < -0.3 is 5.11 Å². The molecule has 2 unspecified atom stereocenters. The Labute approximate surface area is 145 Å². The lowest BCUT2D eigenvalue weighted by molar-refractivity contribution is -0.142. The van der Waals surface area contributed by atoms with Crippen molar-refractivity contribution < 1.29 is 9.90 Å². The van der Waals surface area contributed by atoms with E-state index in [9.17, 15) is 9.90 Å². The molecule has 0 aliphatic carbocycles. The van der Waals surface area contributed by atoms with E-state index in [1.54, 1.807) is 0 Å². The normalized spacial score (nSPS) is 14.1. The van der Waals surface area contributed by atoms with Gasteiger partial charge in [0.05, 0.1) is 5.92 Å². The van der Waals surface area contributed by atoms with E-state index < -0.39 is 5.97 Å². The van der Waals surface area contributed by atoms with Gasteiger partial charge in [-0.3, -0.25) is 4.79 Å². The zero-order chi connectivity index (χ0) is 17.5. The lowest BCUT2D eigenvalue weighted by Gasteiger charge is -2.21. The molecule has 138 valence electrons. The summed E-state index contributed by atoms with van der Waals surface area (Å²) in [6.45, 7) is 8.99. The molecule has 0 fully saturated rings. The molecule has 0 saturated heterocycles. The van der Waals surface area contributed by atoms with Crippen LogP contribution in [-0.4, -0.2) is 11.1 Å². The second-order valence-electron chi connectivity index (χ2n) is 7.81. The van der Waals surface area contributed by atoms with Gasteiger partial charge in [0.2, 0.25) is 0 Å². The number of carbonyl (C=O) groups is 1. The summed E-state index contributed by atoms with van der Waals surface area (Å²) in [5, 5.41) is 9.54. The fourth-order valence-electron chi connectivity index (χ4n) is 3.51. The van der Waals surface area contributed by atoms with Crippen LogP contribution in [0.5, 0.6) is 0 Å². The van der Waals surface area contributed by atoms with Crippen LogP contribution in [0.15, 0.2) is 0 Å². The zero-order valence-electron chi connectivity index (χ0n) is 16.3. The van der Waals surface area contributed by atoms with Gasteiger partial charge >= 0.3 is 5.97 Å². The Morgan fingerprint density at radius 3 is 1.91 bits per heavy atom.